The van der Waals surface area contributed by atoms with Crippen LogP contribution in [-0.2, 0) is 14.3 Å². The summed E-state index contributed by atoms with van der Waals surface area (Å²) >= 11 is 0. The molecule has 19 heavy (non-hydrogen) atoms. The van der Waals surface area contributed by atoms with Gasteiger partial charge in [0.25, 0.3) is 0 Å². The van der Waals surface area contributed by atoms with Crippen molar-refractivity contribution in [3.05, 3.63) is 0 Å². The number of hydrogen-bond acceptors (Lipinski definition) is 4. The summed E-state index contributed by atoms with van der Waals surface area (Å²) in [6, 6.07) is -0.0454. The fourth-order valence-electron chi connectivity index (χ4n) is 2.26. The Morgan fingerprint density at radius 3 is 2.53 bits per heavy atom. The van der Waals surface area contributed by atoms with E-state index in [0.717, 1.165) is 0 Å². The Kier molecular flexibility index (Phi) is 5.31. The highest BCUT2D eigenvalue weighted by molar-refractivity contribution is 5.78. The fraction of sp³-hybridized carbons (Fsp3) is 0.846. The molecule has 0 aliphatic carbocycles. The second-order valence-electron chi connectivity index (χ2n) is 5.94. The summed E-state index contributed by atoms with van der Waals surface area (Å²) in [5, 5.41) is 17.9. The Hall–Kier alpha value is -1.14. The van der Waals surface area contributed by atoms with Gasteiger partial charge in [-0.2, -0.15) is 0 Å². The second-order valence-corrected chi connectivity index (χ2v) is 5.94. The van der Waals surface area contributed by atoms with Gasteiger partial charge in [-0.05, 0) is 12.3 Å². The van der Waals surface area contributed by atoms with Crippen LogP contribution in [0.5, 0.6) is 0 Å². The first kappa shape index (κ1) is 15.9. The van der Waals surface area contributed by atoms with Crippen molar-refractivity contribution < 1.29 is 24.5 Å². The van der Waals surface area contributed by atoms with Gasteiger partial charge < -0.3 is 19.8 Å². The molecule has 2 atom stereocenters. The summed E-state index contributed by atoms with van der Waals surface area (Å²) in [7, 11) is 0. The van der Waals surface area contributed by atoms with Crippen molar-refractivity contribution in [2.24, 2.45) is 5.41 Å². The lowest BCUT2D eigenvalue weighted by Crippen LogP contribution is -2.52. The molecule has 1 amide bonds. The van der Waals surface area contributed by atoms with E-state index >= 15 is 0 Å². The molecular weight excluding hydrogens is 250 g/mol. The quantitative estimate of drug-likeness (QED) is 0.761. The predicted octanol–water partition coefficient (Wildman–Crippen LogP) is 0.486. The third-order valence-corrected chi connectivity index (χ3v) is 3.29. The normalized spacial score (nSPS) is 24.3. The molecule has 0 bridgehead atoms. The van der Waals surface area contributed by atoms with E-state index in [0.29, 0.717) is 13.2 Å². The summed E-state index contributed by atoms with van der Waals surface area (Å²) in [6.07, 6.45) is -0.203. The van der Waals surface area contributed by atoms with Crippen LogP contribution in [0.25, 0.3) is 0 Å². The molecule has 1 saturated heterocycles. The minimum absolute atomic E-state index is 0.0408. The Balaban J connectivity index is 2.63. The highest BCUT2D eigenvalue weighted by Gasteiger charge is 2.33. The maximum atomic E-state index is 12.3. The van der Waals surface area contributed by atoms with Crippen LogP contribution in [0.15, 0.2) is 0 Å². The monoisotopic (exact) mass is 273 g/mol. The number of ether oxygens (including phenoxy) is 1. The summed E-state index contributed by atoms with van der Waals surface area (Å²) in [4.78, 5) is 24.7. The van der Waals surface area contributed by atoms with E-state index in [1.165, 1.54) is 0 Å². The highest BCUT2D eigenvalue weighted by Crippen LogP contribution is 2.27. The third kappa shape index (κ3) is 4.80. The van der Waals surface area contributed by atoms with Gasteiger partial charge in [-0.1, -0.05) is 13.8 Å². The van der Waals surface area contributed by atoms with Crippen molar-refractivity contribution in [3.63, 3.8) is 0 Å². The molecule has 1 aliphatic rings. The van der Waals surface area contributed by atoms with Crippen LogP contribution in [0.2, 0.25) is 0 Å². The lowest BCUT2D eigenvalue weighted by molar-refractivity contribution is -0.149. The maximum Gasteiger partial charge on any atom is 0.303 e. The Labute approximate surface area is 113 Å². The molecule has 0 aromatic carbocycles. The summed E-state index contributed by atoms with van der Waals surface area (Å²) in [5.41, 5.74) is -0.574. The van der Waals surface area contributed by atoms with E-state index in [4.69, 9.17) is 14.9 Å². The van der Waals surface area contributed by atoms with Gasteiger partial charge in [0.2, 0.25) is 5.91 Å². The lowest BCUT2D eigenvalue weighted by atomic mass is 9.85. The molecule has 1 heterocycles. The van der Waals surface area contributed by atoms with Gasteiger partial charge in [0.05, 0.1) is 31.8 Å². The van der Waals surface area contributed by atoms with Gasteiger partial charge in [0.15, 0.2) is 0 Å². The largest absolute Gasteiger partial charge is 0.481 e. The maximum absolute atomic E-state index is 12.3. The van der Waals surface area contributed by atoms with Crippen LogP contribution in [0.1, 0.15) is 33.6 Å². The van der Waals surface area contributed by atoms with E-state index in [1.807, 2.05) is 6.92 Å². The fourth-order valence-corrected chi connectivity index (χ4v) is 2.26. The molecule has 0 saturated carbocycles. The molecule has 0 spiro atoms. The number of amides is 1. The smallest absolute Gasteiger partial charge is 0.303 e. The number of carbonyl (C=O) groups excluding carboxylic acids is 1. The number of hydrogen-bond donors (Lipinski definition) is 2. The molecule has 0 aromatic rings. The van der Waals surface area contributed by atoms with Crippen LogP contribution >= 0.6 is 0 Å². The zero-order valence-electron chi connectivity index (χ0n) is 11.8. The minimum Gasteiger partial charge on any atom is -0.481 e. The number of aliphatic hydroxyl groups is 1. The molecular formula is C13H23NO5. The van der Waals surface area contributed by atoms with Crippen LogP contribution in [-0.4, -0.2) is 58.9 Å². The van der Waals surface area contributed by atoms with Crippen molar-refractivity contribution in [1.82, 2.24) is 4.90 Å². The molecule has 6 nitrogen and oxygen atoms in total. The van der Waals surface area contributed by atoms with E-state index < -0.39 is 11.4 Å². The molecule has 1 aliphatic heterocycles. The number of rotatable bonds is 5. The van der Waals surface area contributed by atoms with Crippen molar-refractivity contribution in [3.8, 4) is 0 Å². The lowest BCUT2D eigenvalue weighted by Gasteiger charge is -2.39. The number of aliphatic hydroxyl groups excluding tert-OH is 1. The summed E-state index contributed by atoms with van der Waals surface area (Å²) in [5.74, 6) is -0.985. The Morgan fingerprint density at radius 2 is 2.00 bits per heavy atom. The summed E-state index contributed by atoms with van der Waals surface area (Å²) < 4.78 is 5.38. The van der Waals surface area contributed by atoms with E-state index in [9.17, 15) is 9.59 Å². The van der Waals surface area contributed by atoms with E-state index in [-0.39, 0.29) is 37.5 Å². The zero-order chi connectivity index (χ0) is 14.6. The van der Waals surface area contributed by atoms with Gasteiger partial charge in [0.1, 0.15) is 0 Å². The van der Waals surface area contributed by atoms with E-state index in [2.05, 4.69) is 0 Å². The first-order valence-corrected chi connectivity index (χ1v) is 6.49. The van der Waals surface area contributed by atoms with Crippen molar-refractivity contribution in [1.29, 1.82) is 0 Å². The molecule has 2 N–H and O–H groups in total. The predicted molar refractivity (Wildman–Crippen MR) is 68.7 cm³/mol. The van der Waals surface area contributed by atoms with Gasteiger partial charge in [-0.3, -0.25) is 9.59 Å². The van der Waals surface area contributed by atoms with Gasteiger partial charge >= 0.3 is 5.97 Å². The van der Waals surface area contributed by atoms with Crippen molar-refractivity contribution in [2.45, 2.75) is 45.8 Å². The van der Waals surface area contributed by atoms with Crippen molar-refractivity contribution >= 4 is 11.9 Å². The SMILES string of the molecule is CC1COC(CO)CN1C(=O)CC(C)(C)CC(=O)O. The minimum atomic E-state index is -0.902. The first-order valence-electron chi connectivity index (χ1n) is 6.49. The number of aliphatic carboxylic acids is 1. The van der Waals surface area contributed by atoms with Gasteiger partial charge in [-0.15, -0.1) is 0 Å². The van der Waals surface area contributed by atoms with E-state index in [1.54, 1.807) is 18.7 Å². The molecule has 110 valence electrons. The third-order valence-electron chi connectivity index (χ3n) is 3.29. The number of nitrogens with zero attached hydrogens (tertiary/aromatic N) is 1. The van der Waals surface area contributed by atoms with Crippen molar-refractivity contribution in [2.75, 3.05) is 19.8 Å². The average molecular weight is 273 g/mol. The molecule has 1 rings (SSSR count). The topological polar surface area (TPSA) is 87.1 Å². The van der Waals surface area contributed by atoms with Gasteiger partial charge in [-0.25, -0.2) is 0 Å². The number of morpholine rings is 1. The van der Waals surface area contributed by atoms with Crippen LogP contribution in [0.3, 0.4) is 0 Å². The molecule has 1 fully saturated rings. The zero-order valence-corrected chi connectivity index (χ0v) is 11.8. The molecule has 0 radical (unpaired) electrons. The first-order chi connectivity index (χ1) is 8.75. The highest BCUT2D eigenvalue weighted by atomic mass is 16.5. The van der Waals surface area contributed by atoms with Gasteiger partial charge in [0, 0.05) is 13.0 Å². The number of carboxylic acids is 1. The number of carboxylic acid groups (broad SMARTS) is 1. The van der Waals surface area contributed by atoms with Crippen LogP contribution in [0, 0.1) is 5.41 Å². The number of carbonyl (C=O) groups is 2. The standard InChI is InChI=1S/C13H23NO5/c1-9-8-19-10(7-15)6-14(9)11(16)4-13(2,3)5-12(17)18/h9-10,15H,4-8H2,1-3H3,(H,17,18). The molecule has 0 aromatic heterocycles. The molecule has 2 unspecified atom stereocenters. The Bertz CT molecular complexity index is 342. The second kappa shape index (κ2) is 6.34. The average Bonchev–Trinajstić information content (AvgIpc) is 2.26. The van der Waals surface area contributed by atoms with Crippen LogP contribution < -0.4 is 0 Å². The van der Waals surface area contributed by atoms with Crippen LogP contribution in [0.4, 0.5) is 0 Å². The summed E-state index contributed by atoms with van der Waals surface area (Å²) in [6.45, 7) is 6.07. The molecule has 6 heteroatoms. The Morgan fingerprint density at radius 1 is 1.37 bits per heavy atom.